The number of ether oxygens (including phenoxy) is 1. The standard InChI is InChI=1S/C31H39N5O4.C2H6/c1-20-5-6-25(35-11-8-32-9-12-35)17-28(20)30(38)33-21(2)22-13-23(15-27(14-22)40-4)24-16-29(34(3)18-24)31(39)36-10-7-26(37)19-36;1-2/h5-6,13-18,21,26,32,37H,7-12,19H2,1-4H3,(H,33,38);1-2H3. The average molecular weight is 576 g/mol. The van der Waals surface area contributed by atoms with Crippen molar-refractivity contribution in [3.05, 3.63) is 71.0 Å². The number of hydrogen-bond donors (Lipinski definition) is 3. The number of carbonyl (C=O) groups excluding carboxylic acids is 2. The maximum atomic E-state index is 13.4. The van der Waals surface area contributed by atoms with Crippen molar-refractivity contribution in [2.24, 2.45) is 7.05 Å². The lowest BCUT2D eigenvalue weighted by Gasteiger charge is -2.30. The number of aromatic nitrogens is 1. The number of amides is 2. The van der Waals surface area contributed by atoms with Crippen molar-refractivity contribution >= 4 is 17.5 Å². The molecule has 9 heteroatoms. The summed E-state index contributed by atoms with van der Waals surface area (Å²) in [7, 11) is 3.47. The molecule has 42 heavy (non-hydrogen) atoms. The largest absolute Gasteiger partial charge is 0.497 e. The van der Waals surface area contributed by atoms with Gasteiger partial charge in [0.1, 0.15) is 11.4 Å². The molecule has 2 amide bonds. The number of likely N-dealkylation sites (tertiary alicyclic amines) is 1. The number of piperazine rings is 1. The van der Waals surface area contributed by atoms with Crippen LogP contribution in [0.25, 0.3) is 11.1 Å². The lowest BCUT2D eigenvalue weighted by atomic mass is 10.00. The van der Waals surface area contributed by atoms with E-state index < -0.39 is 6.10 Å². The van der Waals surface area contributed by atoms with Gasteiger partial charge in [-0.3, -0.25) is 9.59 Å². The number of benzene rings is 2. The molecule has 5 rings (SSSR count). The minimum absolute atomic E-state index is 0.0903. The maximum absolute atomic E-state index is 13.4. The summed E-state index contributed by atoms with van der Waals surface area (Å²) in [6, 6.07) is 13.6. The van der Waals surface area contributed by atoms with Gasteiger partial charge in [-0.2, -0.15) is 0 Å². The fourth-order valence-corrected chi connectivity index (χ4v) is 5.51. The van der Waals surface area contributed by atoms with Crippen LogP contribution in [-0.2, 0) is 7.05 Å². The first-order valence-electron chi connectivity index (χ1n) is 14.9. The summed E-state index contributed by atoms with van der Waals surface area (Å²) in [5.41, 5.74) is 5.90. The second-order valence-corrected chi connectivity index (χ2v) is 10.8. The Bertz CT molecular complexity index is 1400. The summed E-state index contributed by atoms with van der Waals surface area (Å²) in [6.07, 6.45) is 2.06. The number of carbonyl (C=O) groups is 2. The Morgan fingerprint density at radius 1 is 1.05 bits per heavy atom. The van der Waals surface area contributed by atoms with Crippen molar-refractivity contribution in [3.8, 4) is 16.9 Å². The van der Waals surface area contributed by atoms with E-state index >= 15 is 0 Å². The number of aryl methyl sites for hydroxylation is 2. The van der Waals surface area contributed by atoms with Crippen molar-refractivity contribution in [2.75, 3.05) is 51.3 Å². The van der Waals surface area contributed by atoms with Gasteiger partial charge in [-0.25, -0.2) is 0 Å². The van der Waals surface area contributed by atoms with E-state index in [9.17, 15) is 14.7 Å². The van der Waals surface area contributed by atoms with Crippen LogP contribution in [0.3, 0.4) is 0 Å². The fraction of sp³-hybridized carbons (Fsp3) is 0.455. The predicted octanol–water partition coefficient (Wildman–Crippen LogP) is 4.14. The van der Waals surface area contributed by atoms with Crippen LogP contribution in [0, 0.1) is 6.92 Å². The van der Waals surface area contributed by atoms with Gasteiger partial charge in [-0.05, 0) is 73.4 Å². The molecular weight excluding hydrogens is 530 g/mol. The lowest BCUT2D eigenvalue weighted by molar-refractivity contribution is 0.0755. The van der Waals surface area contributed by atoms with Crippen LogP contribution in [0.5, 0.6) is 5.75 Å². The Morgan fingerprint density at radius 3 is 2.45 bits per heavy atom. The van der Waals surface area contributed by atoms with Crippen LogP contribution >= 0.6 is 0 Å². The Balaban J connectivity index is 0.00000198. The van der Waals surface area contributed by atoms with Gasteiger partial charge in [0, 0.05) is 69.3 Å². The van der Waals surface area contributed by atoms with E-state index in [4.69, 9.17) is 4.74 Å². The molecule has 226 valence electrons. The highest BCUT2D eigenvalue weighted by molar-refractivity contribution is 5.97. The lowest BCUT2D eigenvalue weighted by Crippen LogP contribution is -2.43. The number of methoxy groups -OCH3 is 1. The zero-order valence-corrected chi connectivity index (χ0v) is 25.7. The van der Waals surface area contributed by atoms with E-state index in [1.54, 1.807) is 12.0 Å². The molecule has 9 nitrogen and oxygen atoms in total. The van der Waals surface area contributed by atoms with E-state index in [0.29, 0.717) is 36.5 Å². The number of aliphatic hydroxyl groups is 1. The van der Waals surface area contributed by atoms with E-state index in [2.05, 4.69) is 21.6 Å². The molecule has 2 unspecified atom stereocenters. The molecule has 0 aliphatic carbocycles. The average Bonchev–Trinajstić information content (AvgIpc) is 3.63. The predicted molar refractivity (Wildman–Crippen MR) is 167 cm³/mol. The number of nitrogens with zero attached hydrogens (tertiary/aromatic N) is 3. The fourth-order valence-electron chi connectivity index (χ4n) is 5.51. The number of hydrogen-bond acceptors (Lipinski definition) is 6. The Kier molecular flexibility index (Phi) is 10.3. The molecular formula is C33H45N5O4. The van der Waals surface area contributed by atoms with Crippen molar-refractivity contribution in [1.82, 2.24) is 20.1 Å². The summed E-state index contributed by atoms with van der Waals surface area (Å²) in [6.45, 7) is 12.5. The zero-order chi connectivity index (χ0) is 30.4. The van der Waals surface area contributed by atoms with Gasteiger partial charge in [-0.1, -0.05) is 19.9 Å². The van der Waals surface area contributed by atoms with Crippen LogP contribution in [0.2, 0.25) is 0 Å². The molecule has 0 radical (unpaired) electrons. The third-order valence-corrected chi connectivity index (χ3v) is 7.97. The second-order valence-electron chi connectivity index (χ2n) is 10.8. The molecule has 0 spiro atoms. The minimum Gasteiger partial charge on any atom is -0.497 e. The smallest absolute Gasteiger partial charge is 0.270 e. The van der Waals surface area contributed by atoms with Crippen LogP contribution in [0.4, 0.5) is 5.69 Å². The summed E-state index contributed by atoms with van der Waals surface area (Å²) in [5.74, 6) is 0.462. The molecule has 2 aliphatic heterocycles. The summed E-state index contributed by atoms with van der Waals surface area (Å²) < 4.78 is 7.42. The van der Waals surface area contributed by atoms with Gasteiger partial charge in [-0.15, -0.1) is 0 Å². The van der Waals surface area contributed by atoms with Gasteiger partial charge in [0.25, 0.3) is 11.8 Å². The van der Waals surface area contributed by atoms with Crippen molar-refractivity contribution in [2.45, 2.75) is 46.3 Å². The first-order valence-corrected chi connectivity index (χ1v) is 14.9. The van der Waals surface area contributed by atoms with Crippen molar-refractivity contribution in [3.63, 3.8) is 0 Å². The quantitative estimate of drug-likeness (QED) is 0.392. The monoisotopic (exact) mass is 575 g/mol. The highest BCUT2D eigenvalue weighted by Crippen LogP contribution is 2.31. The molecule has 2 saturated heterocycles. The first-order chi connectivity index (χ1) is 20.2. The molecule has 2 aromatic carbocycles. The van der Waals surface area contributed by atoms with Gasteiger partial charge >= 0.3 is 0 Å². The van der Waals surface area contributed by atoms with Crippen molar-refractivity contribution < 1.29 is 19.4 Å². The minimum atomic E-state index is -0.463. The molecule has 2 atom stereocenters. The molecule has 1 aromatic heterocycles. The van der Waals surface area contributed by atoms with E-state index in [-0.39, 0.29) is 17.9 Å². The summed E-state index contributed by atoms with van der Waals surface area (Å²) in [4.78, 5) is 30.5. The molecule has 3 N–H and O–H groups in total. The Hall–Kier alpha value is -3.82. The molecule has 3 heterocycles. The molecule has 2 aliphatic rings. The van der Waals surface area contributed by atoms with Gasteiger partial charge < -0.3 is 34.8 Å². The van der Waals surface area contributed by atoms with E-state index in [1.807, 2.05) is 81.9 Å². The van der Waals surface area contributed by atoms with Gasteiger partial charge in [0.15, 0.2) is 0 Å². The maximum Gasteiger partial charge on any atom is 0.270 e. The molecule has 0 saturated carbocycles. The Labute approximate surface area is 249 Å². The number of anilines is 1. The number of rotatable bonds is 7. The number of aliphatic hydroxyl groups excluding tert-OH is 1. The number of β-amino-alcohol motifs (C(OH)–C–C–N with tert-alkyl or cyclic N) is 1. The van der Waals surface area contributed by atoms with Crippen LogP contribution in [-0.4, -0.2) is 78.9 Å². The summed E-state index contributed by atoms with van der Waals surface area (Å²) in [5, 5.41) is 16.4. The van der Waals surface area contributed by atoms with Gasteiger partial charge in [0.05, 0.1) is 19.3 Å². The summed E-state index contributed by atoms with van der Waals surface area (Å²) >= 11 is 0. The van der Waals surface area contributed by atoms with Gasteiger partial charge in [0.2, 0.25) is 0 Å². The van der Waals surface area contributed by atoms with Crippen LogP contribution in [0.15, 0.2) is 48.7 Å². The first kappa shape index (κ1) is 31.1. The van der Waals surface area contributed by atoms with E-state index in [1.165, 1.54) is 0 Å². The number of nitrogens with one attached hydrogen (secondary N) is 2. The van der Waals surface area contributed by atoms with Crippen LogP contribution in [0.1, 0.15) is 65.2 Å². The third-order valence-electron chi connectivity index (χ3n) is 7.97. The van der Waals surface area contributed by atoms with Crippen LogP contribution < -0.4 is 20.3 Å². The van der Waals surface area contributed by atoms with E-state index in [0.717, 1.165) is 54.1 Å². The highest BCUT2D eigenvalue weighted by Gasteiger charge is 2.27. The third kappa shape index (κ3) is 6.97. The second kappa shape index (κ2) is 13.9. The SMILES string of the molecule is CC.COc1cc(-c2cc(C(=O)N3CCC(O)C3)n(C)c2)cc(C(C)NC(=O)c2cc(N3CCNCC3)ccc2C)c1. The topological polar surface area (TPSA) is 99.1 Å². The highest BCUT2D eigenvalue weighted by atomic mass is 16.5. The zero-order valence-electron chi connectivity index (χ0n) is 25.7. The normalized spacial score (nSPS) is 17.4. The molecule has 2 fully saturated rings. The Morgan fingerprint density at radius 2 is 1.79 bits per heavy atom. The molecule has 0 bridgehead atoms. The van der Waals surface area contributed by atoms with Crippen molar-refractivity contribution in [1.29, 1.82) is 0 Å². The molecule has 3 aromatic rings.